The van der Waals surface area contributed by atoms with E-state index in [1.807, 2.05) is 32.0 Å². The molecule has 1 rings (SSSR count). The highest BCUT2D eigenvalue weighted by Crippen LogP contribution is 2.24. The third-order valence-corrected chi connectivity index (χ3v) is 2.73. The molecule has 0 radical (unpaired) electrons. The maximum absolute atomic E-state index is 11.6. The van der Waals surface area contributed by atoms with Crippen molar-refractivity contribution in [2.24, 2.45) is 11.7 Å². The molecule has 19 heavy (non-hydrogen) atoms. The molecule has 0 heterocycles. The summed E-state index contributed by atoms with van der Waals surface area (Å²) in [5.41, 5.74) is 7.89. The second-order valence-corrected chi connectivity index (χ2v) is 5.32. The lowest BCUT2D eigenvalue weighted by Gasteiger charge is -2.15. The largest absolute Gasteiger partial charge is 0.483 e. The van der Waals surface area contributed by atoms with Gasteiger partial charge >= 0.3 is 0 Å². The first-order chi connectivity index (χ1) is 8.90. The van der Waals surface area contributed by atoms with Gasteiger partial charge in [-0.15, -0.1) is 0 Å². The van der Waals surface area contributed by atoms with Gasteiger partial charge in [0.15, 0.2) is 6.61 Å². The van der Waals surface area contributed by atoms with Gasteiger partial charge in [-0.05, 0) is 31.4 Å². The lowest BCUT2D eigenvalue weighted by Crippen LogP contribution is -2.32. The number of nitrogens with two attached hydrogens (primary N) is 1. The van der Waals surface area contributed by atoms with Gasteiger partial charge < -0.3 is 15.8 Å². The van der Waals surface area contributed by atoms with Gasteiger partial charge in [-0.2, -0.15) is 0 Å². The van der Waals surface area contributed by atoms with E-state index in [0.717, 1.165) is 11.1 Å². The van der Waals surface area contributed by atoms with Crippen molar-refractivity contribution in [3.63, 3.8) is 0 Å². The van der Waals surface area contributed by atoms with E-state index in [1.54, 1.807) is 0 Å². The number of nitrogens with one attached hydrogen (secondary N) is 1. The number of carbonyl (C=O) groups is 1. The summed E-state index contributed by atoms with van der Waals surface area (Å²) in [5, 5.41) is 2.82. The van der Waals surface area contributed by atoms with Crippen LogP contribution in [0, 0.1) is 12.8 Å². The summed E-state index contributed by atoms with van der Waals surface area (Å²) in [6, 6.07) is 5.73. The summed E-state index contributed by atoms with van der Waals surface area (Å²) in [4.78, 5) is 11.6. The zero-order valence-corrected chi connectivity index (χ0v) is 12.2. The summed E-state index contributed by atoms with van der Waals surface area (Å²) >= 11 is 0. The molecule has 0 aromatic heterocycles. The van der Waals surface area contributed by atoms with Gasteiger partial charge in [-0.25, -0.2) is 0 Å². The predicted molar refractivity (Wildman–Crippen MR) is 77.1 cm³/mol. The van der Waals surface area contributed by atoms with Gasteiger partial charge in [0, 0.05) is 18.2 Å². The molecule has 0 saturated heterocycles. The van der Waals surface area contributed by atoms with Crippen LogP contribution in [0.4, 0.5) is 0 Å². The molecule has 0 aliphatic heterocycles. The molecule has 4 heteroatoms. The standard InChI is InChI=1S/C15H24N2O2/c1-10(2)8-17-15(18)9-19-14-7-11(3)5-6-13(14)12(4)16/h5-7,10,12H,8-9,16H2,1-4H3,(H,17,18)/t12-/m0/s1. The summed E-state index contributed by atoms with van der Waals surface area (Å²) in [6.07, 6.45) is 0. The minimum Gasteiger partial charge on any atom is -0.483 e. The van der Waals surface area contributed by atoms with Crippen LogP contribution in [-0.4, -0.2) is 19.1 Å². The Morgan fingerprint density at radius 2 is 2.05 bits per heavy atom. The van der Waals surface area contributed by atoms with Gasteiger partial charge in [0.1, 0.15) is 5.75 Å². The molecule has 0 aliphatic rings. The van der Waals surface area contributed by atoms with Gasteiger partial charge in [0.2, 0.25) is 0 Å². The Morgan fingerprint density at radius 3 is 2.63 bits per heavy atom. The monoisotopic (exact) mass is 264 g/mol. The first kappa shape index (κ1) is 15.5. The van der Waals surface area contributed by atoms with E-state index in [-0.39, 0.29) is 18.6 Å². The Hall–Kier alpha value is -1.55. The van der Waals surface area contributed by atoms with Crippen LogP contribution in [0.15, 0.2) is 18.2 Å². The number of aryl methyl sites for hydroxylation is 1. The van der Waals surface area contributed by atoms with Crippen molar-refractivity contribution in [3.05, 3.63) is 29.3 Å². The maximum atomic E-state index is 11.6. The van der Waals surface area contributed by atoms with Crippen molar-refractivity contribution in [3.8, 4) is 5.75 Å². The van der Waals surface area contributed by atoms with E-state index in [4.69, 9.17) is 10.5 Å². The highest BCUT2D eigenvalue weighted by Gasteiger charge is 2.10. The number of benzene rings is 1. The van der Waals surface area contributed by atoms with E-state index in [1.165, 1.54) is 0 Å². The molecule has 0 fully saturated rings. The Kier molecular flexibility index (Phi) is 5.83. The first-order valence-electron chi connectivity index (χ1n) is 6.65. The summed E-state index contributed by atoms with van der Waals surface area (Å²) in [7, 11) is 0. The van der Waals surface area contributed by atoms with Crippen molar-refractivity contribution < 1.29 is 9.53 Å². The molecular weight excluding hydrogens is 240 g/mol. The van der Waals surface area contributed by atoms with Crippen molar-refractivity contribution >= 4 is 5.91 Å². The number of hydrogen-bond acceptors (Lipinski definition) is 3. The van der Waals surface area contributed by atoms with Crippen molar-refractivity contribution in [1.82, 2.24) is 5.32 Å². The van der Waals surface area contributed by atoms with Crippen LogP contribution in [0.3, 0.4) is 0 Å². The van der Waals surface area contributed by atoms with Gasteiger partial charge in [0.25, 0.3) is 5.91 Å². The SMILES string of the molecule is Cc1ccc([C@H](C)N)c(OCC(=O)NCC(C)C)c1. The number of ether oxygens (including phenoxy) is 1. The third-order valence-electron chi connectivity index (χ3n) is 2.73. The van der Waals surface area contributed by atoms with E-state index in [2.05, 4.69) is 19.2 Å². The Balaban J connectivity index is 2.61. The molecule has 106 valence electrons. The highest BCUT2D eigenvalue weighted by atomic mass is 16.5. The third kappa shape index (κ3) is 5.30. The number of rotatable bonds is 6. The van der Waals surface area contributed by atoms with E-state index in [9.17, 15) is 4.79 Å². The molecule has 0 aliphatic carbocycles. The Bertz CT molecular complexity index is 428. The molecular formula is C15H24N2O2. The number of hydrogen-bond donors (Lipinski definition) is 2. The zero-order valence-electron chi connectivity index (χ0n) is 12.2. The molecule has 0 saturated carbocycles. The average Bonchev–Trinajstić information content (AvgIpc) is 2.33. The molecule has 1 aromatic carbocycles. The minimum atomic E-state index is -0.116. The Labute approximate surface area is 115 Å². The predicted octanol–water partition coefficient (Wildman–Crippen LogP) is 2.17. The second kappa shape index (κ2) is 7.14. The summed E-state index contributed by atoms with van der Waals surface area (Å²) < 4.78 is 5.58. The van der Waals surface area contributed by atoms with Crippen LogP contribution in [0.1, 0.15) is 37.9 Å². The minimum absolute atomic E-state index is 0.0237. The maximum Gasteiger partial charge on any atom is 0.257 e. The van der Waals surface area contributed by atoms with E-state index >= 15 is 0 Å². The van der Waals surface area contributed by atoms with Crippen molar-refractivity contribution in [2.75, 3.05) is 13.2 Å². The van der Waals surface area contributed by atoms with Gasteiger partial charge in [-0.3, -0.25) is 4.79 Å². The number of amides is 1. The molecule has 0 bridgehead atoms. The van der Waals surface area contributed by atoms with Crippen molar-refractivity contribution in [1.29, 1.82) is 0 Å². The zero-order chi connectivity index (χ0) is 14.4. The van der Waals surface area contributed by atoms with Crippen molar-refractivity contribution in [2.45, 2.75) is 33.7 Å². The van der Waals surface area contributed by atoms with Gasteiger partial charge in [0.05, 0.1) is 0 Å². The molecule has 0 unspecified atom stereocenters. The van der Waals surface area contributed by atoms with Crippen LogP contribution in [-0.2, 0) is 4.79 Å². The average molecular weight is 264 g/mol. The quantitative estimate of drug-likeness (QED) is 0.827. The molecule has 1 amide bonds. The lowest BCUT2D eigenvalue weighted by molar-refractivity contribution is -0.123. The van der Waals surface area contributed by atoms with Crippen LogP contribution >= 0.6 is 0 Å². The molecule has 0 spiro atoms. The smallest absolute Gasteiger partial charge is 0.257 e. The first-order valence-corrected chi connectivity index (χ1v) is 6.65. The molecule has 1 aromatic rings. The molecule has 1 atom stereocenters. The molecule has 4 nitrogen and oxygen atoms in total. The van der Waals surface area contributed by atoms with Gasteiger partial charge in [-0.1, -0.05) is 26.0 Å². The fourth-order valence-electron chi connectivity index (χ4n) is 1.66. The van der Waals surface area contributed by atoms with E-state index in [0.29, 0.717) is 18.2 Å². The topological polar surface area (TPSA) is 64.3 Å². The number of carbonyl (C=O) groups excluding carboxylic acids is 1. The molecule has 3 N–H and O–H groups in total. The van der Waals surface area contributed by atoms with Crippen LogP contribution in [0.25, 0.3) is 0 Å². The van der Waals surface area contributed by atoms with Crippen LogP contribution < -0.4 is 15.8 Å². The summed E-state index contributed by atoms with van der Waals surface area (Å²) in [5.74, 6) is 1.02. The normalized spacial score (nSPS) is 12.3. The lowest BCUT2D eigenvalue weighted by atomic mass is 10.1. The summed E-state index contributed by atoms with van der Waals surface area (Å²) in [6.45, 7) is 8.67. The van der Waals surface area contributed by atoms with Crippen LogP contribution in [0.5, 0.6) is 5.75 Å². The fraction of sp³-hybridized carbons (Fsp3) is 0.533. The highest BCUT2D eigenvalue weighted by molar-refractivity contribution is 5.77. The Morgan fingerprint density at radius 1 is 1.37 bits per heavy atom. The van der Waals surface area contributed by atoms with Crippen LogP contribution in [0.2, 0.25) is 0 Å². The van der Waals surface area contributed by atoms with E-state index < -0.39 is 0 Å². The second-order valence-electron chi connectivity index (χ2n) is 5.32. The fourth-order valence-corrected chi connectivity index (χ4v) is 1.66.